The summed E-state index contributed by atoms with van der Waals surface area (Å²) in [7, 11) is -128. The summed E-state index contributed by atoms with van der Waals surface area (Å²) in [6.45, 7) is 7.81. The van der Waals surface area contributed by atoms with E-state index in [0.717, 1.165) is 21.3 Å². The highest BCUT2D eigenvalue weighted by Crippen LogP contribution is 2.14. The van der Waals surface area contributed by atoms with Gasteiger partial charge in [0.1, 0.15) is 0 Å². The molecule has 0 aromatic carbocycles. The molecule has 0 aromatic rings. The quantitative estimate of drug-likeness (QED) is 0.0532. The van der Waals surface area contributed by atoms with Crippen molar-refractivity contribution < 1.29 is 151 Å². The molecule has 0 atom stereocenters. The zero-order valence-electron chi connectivity index (χ0n) is 38.1. The molecule has 390 valence electrons. The smallest absolute Gasteiger partial charge is 0.453 e. The van der Waals surface area contributed by atoms with E-state index in [1.54, 1.807) is 19.6 Å². The Morgan fingerprint density at radius 2 is 0.459 bits per heavy atom. The third-order valence-corrected chi connectivity index (χ3v) is 240. The van der Waals surface area contributed by atoms with Gasteiger partial charge in [-0.05, 0) is 32.7 Å². The Morgan fingerprint density at radius 3 is 0.622 bits per heavy atom. The van der Waals surface area contributed by atoms with Crippen molar-refractivity contribution >= 4 is 252 Å². The molecule has 0 aliphatic heterocycles. The van der Waals surface area contributed by atoms with Crippen LogP contribution in [0.1, 0.15) is 0 Å². The first-order chi connectivity index (χ1) is 33.6. The lowest BCUT2D eigenvalue weighted by Gasteiger charge is -2.28. The predicted molar refractivity (Wildman–Crippen MR) is 259 cm³/mol. The number of hydrogen-bond acceptors (Lipinski definition) is 34. The van der Waals surface area contributed by atoms with Crippen molar-refractivity contribution in [3.63, 3.8) is 0 Å². The van der Waals surface area contributed by atoms with E-state index in [4.69, 9.17) is 30.4 Å². The normalized spacial score (nSPS) is 10.8. The second-order valence-corrected chi connectivity index (χ2v) is 164. The van der Waals surface area contributed by atoms with Crippen molar-refractivity contribution in [3.8, 4) is 0 Å². The second kappa shape index (κ2) is 34.4. The summed E-state index contributed by atoms with van der Waals surface area (Å²) in [5.41, 5.74) is 0. The molecule has 66 heteroatoms. The van der Waals surface area contributed by atoms with E-state index in [1.807, 2.05) is 0 Å². The molecule has 0 unspecified atom stereocenters. The van der Waals surface area contributed by atoms with Crippen LogP contribution in [-0.2, 0) is 151 Å². The lowest BCUT2D eigenvalue weighted by atomic mass is 11.8. The van der Waals surface area contributed by atoms with Gasteiger partial charge in [0.15, 0.2) is 8.32 Å². The maximum atomic E-state index is 13.0. The third kappa shape index (κ3) is 21.7. The van der Waals surface area contributed by atoms with E-state index in [2.05, 4.69) is 0 Å². The van der Waals surface area contributed by atoms with Gasteiger partial charge in [-0.15, -0.1) is 0 Å². The fourth-order valence-electron chi connectivity index (χ4n) is 4.33. The summed E-state index contributed by atoms with van der Waals surface area (Å²) in [6, 6.07) is 0. The second-order valence-electron chi connectivity index (χ2n) is 14.2. The molecule has 0 rings (SSSR count). The molecule has 0 amide bonds. The van der Waals surface area contributed by atoms with Crippen molar-refractivity contribution in [2.75, 3.05) is 21.3 Å². The summed E-state index contributed by atoms with van der Waals surface area (Å²) in [5, 5.41) is 0. The number of rotatable bonds is 35. The van der Waals surface area contributed by atoms with Crippen LogP contribution in [0.2, 0.25) is 32.7 Å². The highest BCUT2D eigenvalue weighted by molar-refractivity contribution is 7.84. The minimum absolute atomic E-state index is 1.08. The van der Waals surface area contributed by atoms with Gasteiger partial charge in [-0.3, -0.25) is 8.92 Å². The Morgan fingerprint density at radius 1 is 0.297 bits per heavy atom. The summed E-state index contributed by atoms with van der Waals surface area (Å²) in [5.74, 6) is 0. The van der Waals surface area contributed by atoms with Crippen LogP contribution in [0.4, 0.5) is 0 Å². The van der Waals surface area contributed by atoms with Gasteiger partial charge in [-0.1, -0.05) is 0 Å². The summed E-state index contributed by atoms with van der Waals surface area (Å²) < 4.78 is 387. The molecule has 34 nitrogen and oxygen atoms in total. The predicted octanol–water partition coefficient (Wildman–Crippen LogP) is -13.1. The number of hydrogen-bond donors (Lipinski definition) is 0. The fraction of sp³-hybridized carbons (Fsp3) is 1.00. The molecule has 0 aliphatic rings. The first-order valence-corrected chi connectivity index (χ1v) is 95.0. The van der Waals surface area contributed by atoms with Crippen LogP contribution < -0.4 is 0 Å². The topological polar surface area (TPSA) is 541 Å². The van der Waals surface area contributed by atoms with Gasteiger partial charge in [-0.25, -0.2) is 0 Å². The summed E-state index contributed by atoms with van der Waals surface area (Å²) in [6.07, 6.45) is 0. The molecule has 0 radical (unpaired) electrons. The van der Waals surface area contributed by atoms with Crippen LogP contribution >= 0.6 is 0 Å². The molecular weight excluding hydrogens is 1540 g/mol. The van der Waals surface area contributed by atoms with Gasteiger partial charge in [0, 0.05) is 21.3 Å². The molecular formula is C8H26O34Si32. The van der Waals surface area contributed by atoms with Crippen molar-refractivity contribution in [3.05, 3.63) is 0 Å². The van der Waals surface area contributed by atoms with Crippen molar-refractivity contribution in [2.45, 2.75) is 32.7 Å². The summed E-state index contributed by atoms with van der Waals surface area (Å²) >= 11 is 0. The lowest BCUT2D eigenvalue weighted by molar-refractivity contribution is 0.0534. The zero-order chi connectivity index (χ0) is 59.0. The van der Waals surface area contributed by atoms with Gasteiger partial charge in [-0.2, -0.15) is 0 Å². The minimum atomic E-state index is -4.68. The van der Waals surface area contributed by atoms with Crippen LogP contribution in [0.25, 0.3) is 0 Å². The highest BCUT2D eigenvalue weighted by Gasteiger charge is 2.59. The maximum absolute atomic E-state index is 13.0. The van der Waals surface area contributed by atoms with Crippen LogP contribution in [0.3, 0.4) is 0 Å². The highest BCUT2D eigenvalue weighted by atomic mass is 30.1. The van der Waals surface area contributed by atoms with E-state index in [-0.39, 0.29) is 0 Å². The Labute approximate surface area is 452 Å². The molecule has 0 heterocycles. The molecule has 0 aliphatic carbocycles. The monoisotopic (exact) mass is 1560 g/mol. The maximum Gasteiger partial charge on any atom is 0.667 e. The Hall–Kier alpha value is 0.940. The fourth-order valence-corrected chi connectivity index (χ4v) is 351. The Balaban J connectivity index is 0. The first kappa shape index (κ1) is 77.0. The van der Waals surface area contributed by atoms with Gasteiger partial charge in [0.25, 0.3) is 0 Å². The van der Waals surface area contributed by atoms with Crippen LogP contribution in [0.5, 0.6) is 0 Å². The van der Waals surface area contributed by atoms with E-state index >= 15 is 0 Å². The van der Waals surface area contributed by atoms with Crippen LogP contribution in [-0.4, -0.2) is 273 Å². The van der Waals surface area contributed by atoms with Gasteiger partial charge in [0.2, 0.25) is 17.1 Å². The standard InChI is InChI=1S/C8H26O32Si31.O2Si/c1-36-71(37-2,38-3)39-41-42(9)43(10)44(11)45(12)46(13)47(14)48(15)49(16)50(17)51(18)52(19)53(20)54(21)55(22)56(23)57(24)58(25)59(26)60(27)61(28)62(29)63(30)64(31)65(32)66(33)67(34)68(35)70(7,8)40-69(4,5)6;1-3-2/h41H2,1-8H3;. The SMILES string of the molecule is CO[Si](OC)(OC)O[SiH2][Si](=O)[Si](=O)[Si](=O)[Si](=O)[Si](=O)[Si](=O)[Si](=O)[Si](=O)[Si](=O)[Si](=O)[Si](=O)[Si](=O)[Si](=O)[Si](=O)[Si](=O)[Si](=O)[Si](=O)[Si](=O)[Si](=O)[Si](=O)[Si](=O)[Si](=O)[Si](=O)[Si](=O)[Si](=O)[Si](=O)[Si](=O)[Si](C)(C)O[Si](C)(C)C.O=[Si]=O. The lowest BCUT2D eigenvalue weighted by Crippen LogP contribution is -2.59. The minimum Gasteiger partial charge on any atom is -0.453 e. The molecule has 74 heavy (non-hydrogen) atoms. The molecule has 0 spiro atoms. The van der Waals surface area contributed by atoms with Gasteiger partial charge < -0.3 is 142 Å². The average molecular weight is 1570 g/mol. The molecule has 0 bridgehead atoms. The van der Waals surface area contributed by atoms with Crippen molar-refractivity contribution in [2.24, 2.45) is 0 Å². The van der Waals surface area contributed by atoms with E-state index in [9.17, 15) is 120 Å². The molecule has 0 aromatic heterocycles. The Bertz CT molecular complexity index is 2870. The Kier molecular flexibility index (Phi) is 35.8. The van der Waals surface area contributed by atoms with E-state index in [0.29, 0.717) is 0 Å². The molecule has 0 fully saturated rings. The largest absolute Gasteiger partial charge is 0.667 e. The van der Waals surface area contributed by atoms with Crippen molar-refractivity contribution in [1.29, 1.82) is 0 Å². The average Bonchev–Trinajstić information content (AvgIpc) is 3.36. The molecule has 0 saturated heterocycles. The first-order valence-electron chi connectivity index (χ1n) is 18.3. The van der Waals surface area contributed by atoms with Crippen molar-refractivity contribution in [1.82, 2.24) is 0 Å². The van der Waals surface area contributed by atoms with E-state index < -0.39 is 252 Å². The zero-order valence-corrected chi connectivity index (χ0v) is 70.5. The molecule has 0 saturated carbocycles. The van der Waals surface area contributed by atoms with Crippen LogP contribution in [0, 0.1) is 0 Å². The van der Waals surface area contributed by atoms with E-state index in [1.165, 1.54) is 13.1 Å². The third-order valence-electron chi connectivity index (χ3n) is 7.65. The molecule has 0 N–H and O–H groups in total. The van der Waals surface area contributed by atoms with Crippen LogP contribution in [0.15, 0.2) is 0 Å². The van der Waals surface area contributed by atoms with Gasteiger partial charge in [0.05, 0.1) is 0 Å². The van der Waals surface area contributed by atoms with Gasteiger partial charge >= 0.3 is 227 Å². The summed E-state index contributed by atoms with van der Waals surface area (Å²) in [4.78, 5) is 0.